The van der Waals surface area contributed by atoms with E-state index in [2.05, 4.69) is 47.5 Å². The van der Waals surface area contributed by atoms with Crippen LogP contribution in [-0.2, 0) is 6.42 Å². The Morgan fingerprint density at radius 1 is 1.15 bits per heavy atom. The fourth-order valence-electron chi connectivity index (χ4n) is 3.07. The molecule has 1 atom stereocenters. The zero-order chi connectivity index (χ0) is 17.8. The van der Waals surface area contributed by atoms with Crippen molar-refractivity contribution in [1.29, 1.82) is 0 Å². The van der Waals surface area contributed by atoms with Crippen molar-refractivity contribution in [2.75, 3.05) is 23.3 Å². The monoisotopic (exact) mass is 351 g/mol. The van der Waals surface area contributed by atoms with Crippen LogP contribution in [-0.4, -0.2) is 49.4 Å². The fourth-order valence-corrected chi connectivity index (χ4v) is 3.07. The summed E-state index contributed by atoms with van der Waals surface area (Å²) >= 11 is 0. The molecule has 2 aromatic heterocycles. The highest BCUT2D eigenvalue weighted by atomic mass is 16.3. The predicted octanol–water partition coefficient (Wildman–Crippen LogP) is 1.89. The number of aliphatic hydroxyl groups is 1. The molecule has 0 bridgehead atoms. The van der Waals surface area contributed by atoms with Crippen molar-refractivity contribution >= 4 is 17.7 Å². The number of hydrogen-bond acceptors (Lipinski definition) is 7. The first kappa shape index (κ1) is 16.5. The van der Waals surface area contributed by atoms with Crippen molar-refractivity contribution in [3.05, 3.63) is 54.0 Å². The second-order valence-corrected chi connectivity index (χ2v) is 6.37. The second-order valence-electron chi connectivity index (χ2n) is 6.37. The van der Waals surface area contributed by atoms with Gasteiger partial charge in [-0.3, -0.25) is 10.4 Å². The van der Waals surface area contributed by atoms with E-state index < -0.39 is 0 Å². The normalized spacial score (nSPS) is 17.3. The Morgan fingerprint density at radius 2 is 2.04 bits per heavy atom. The molecule has 0 radical (unpaired) electrons. The molecule has 4 rings (SSSR count). The van der Waals surface area contributed by atoms with Gasteiger partial charge in [0, 0.05) is 25.7 Å². The van der Waals surface area contributed by atoms with Crippen molar-refractivity contribution in [2.45, 2.75) is 25.4 Å². The van der Waals surface area contributed by atoms with Crippen LogP contribution < -0.4 is 10.2 Å². The molecule has 0 aliphatic carbocycles. The number of hydrogen-bond donors (Lipinski definition) is 3. The van der Waals surface area contributed by atoms with Crippen LogP contribution in [0.3, 0.4) is 0 Å². The summed E-state index contributed by atoms with van der Waals surface area (Å²) in [6.45, 7) is 1.48. The summed E-state index contributed by atoms with van der Waals surface area (Å²) in [6, 6.07) is 11.9. The largest absolute Gasteiger partial charge is 0.391 e. The first-order chi connectivity index (χ1) is 12.8. The molecule has 0 spiro atoms. The minimum Gasteiger partial charge on any atom is -0.391 e. The topological polar surface area (TPSA) is 103 Å². The SMILES string of the molecule is OC1CCCN(c2ccnc(Nc3n[nH]c(Cc4ccccc4)n3)n2)C1. The van der Waals surface area contributed by atoms with Crippen LogP contribution >= 0.6 is 0 Å². The molecule has 1 aliphatic heterocycles. The molecule has 3 heterocycles. The molecular weight excluding hydrogens is 330 g/mol. The van der Waals surface area contributed by atoms with Gasteiger partial charge >= 0.3 is 0 Å². The standard InChI is InChI=1S/C18H21N7O/c26-14-7-4-10-25(12-14)16-8-9-19-17(21-16)22-18-20-15(23-24-18)11-13-5-2-1-3-6-13/h1-3,5-6,8-9,14,26H,4,7,10-12H2,(H2,19,20,21,22,23,24). The highest BCUT2D eigenvalue weighted by Crippen LogP contribution is 2.19. The third-order valence-electron chi connectivity index (χ3n) is 4.33. The van der Waals surface area contributed by atoms with E-state index in [1.165, 1.54) is 0 Å². The summed E-state index contributed by atoms with van der Waals surface area (Å²) in [4.78, 5) is 15.3. The van der Waals surface area contributed by atoms with Crippen LogP contribution in [0.2, 0.25) is 0 Å². The van der Waals surface area contributed by atoms with Crippen LogP contribution in [0.1, 0.15) is 24.2 Å². The average Bonchev–Trinajstić information content (AvgIpc) is 3.09. The van der Waals surface area contributed by atoms with Gasteiger partial charge in [-0.2, -0.15) is 9.97 Å². The van der Waals surface area contributed by atoms with Crippen molar-refractivity contribution in [3.8, 4) is 0 Å². The number of aromatic amines is 1. The smallest absolute Gasteiger partial charge is 0.248 e. The zero-order valence-electron chi connectivity index (χ0n) is 14.3. The Labute approximate surface area is 151 Å². The van der Waals surface area contributed by atoms with Gasteiger partial charge in [-0.25, -0.2) is 4.98 Å². The van der Waals surface area contributed by atoms with Gasteiger partial charge in [0.15, 0.2) is 0 Å². The van der Waals surface area contributed by atoms with Crippen LogP contribution in [0.4, 0.5) is 17.7 Å². The van der Waals surface area contributed by atoms with E-state index in [0.29, 0.717) is 24.9 Å². The lowest BCUT2D eigenvalue weighted by atomic mass is 10.1. The van der Waals surface area contributed by atoms with Crippen molar-refractivity contribution in [1.82, 2.24) is 25.1 Å². The van der Waals surface area contributed by atoms with E-state index in [0.717, 1.165) is 36.6 Å². The highest BCUT2D eigenvalue weighted by molar-refractivity contribution is 5.48. The third kappa shape index (κ3) is 3.97. The van der Waals surface area contributed by atoms with Crippen molar-refractivity contribution in [2.24, 2.45) is 0 Å². The fraction of sp³-hybridized carbons (Fsp3) is 0.333. The number of aromatic nitrogens is 5. The number of aliphatic hydroxyl groups excluding tert-OH is 1. The molecule has 1 aromatic carbocycles. The first-order valence-electron chi connectivity index (χ1n) is 8.74. The Hall–Kier alpha value is -3.00. The van der Waals surface area contributed by atoms with Gasteiger partial charge in [-0.15, -0.1) is 5.10 Å². The number of nitrogens with zero attached hydrogens (tertiary/aromatic N) is 5. The Bertz CT molecular complexity index is 852. The Kier molecular flexibility index (Phi) is 4.74. The quantitative estimate of drug-likeness (QED) is 0.645. The van der Waals surface area contributed by atoms with Crippen LogP contribution in [0, 0.1) is 0 Å². The van der Waals surface area contributed by atoms with E-state index >= 15 is 0 Å². The zero-order valence-corrected chi connectivity index (χ0v) is 14.3. The number of piperidine rings is 1. The van der Waals surface area contributed by atoms with Gasteiger partial charge in [0.25, 0.3) is 0 Å². The molecule has 0 amide bonds. The van der Waals surface area contributed by atoms with E-state index in [1.807, 2.05) is 24.3 Å². The summed E-state index contributed by atoms with van der Waals surface area (Å²) in [6.07, 6.45) is 3.88. The minimum atomic E-state index is -0.302. The van der Waals surface area contributed by atoms with Crippen LogP contribution in [0.15, 0.2) is 42.6 Å². The molecule has 1 fully saturated rings. The molecule has 3 N–H and O–H groups in total. The number of benzene rings is 1. The van der Waals surface area contributed by atoms with Gasteiger partial charge in [0.1, 0.15) is 11.6 Å². The van der Waals surface area contributed by atoms with Gasteiger partial charge in [-0.05, 0) is 24.5 Å². The number of H-pyrrole nitrogens is 1. The molecule has 26 heavy (non-hydrogen) atoms. The van der Waals surface area contributed by atoms with E-state index in [9.17, 15) is 5.11 Å². The van der Waals surface area contributed by atoms with Crippen molar-refractivity contribution in [3.63, 3.8) is 0 Å². The summed E-state index contributed by atoms with van der Waals surface area (Å²) in [5.74, 6) is 2.44. The molecule has 3 aromatic rings. The van der Waals surface area contributed by atoms with Gasteiger partial charge in [0.2, 0.25) is 11.9 Å². The Morgan fingerprint density at radius 3 is 2.88 bits per heavy atom. The first-order valence-corrected chi connectivity index (χ1v) is 8.74. The summed E-state index contributed by atoms with van der Waals surface area (Å²) < 4.78 is 0. The number of nitrogens with one attached hydrogen (secondary N) is 2. The summed E-state index contributed by atoms with van der Waals surface area (Å²) in [7, 11) is 0. The number of anilines is 3. The minimum absolute atomic E-state index is 0.302. The lowest BCUT2D eigenvalue weighted by Crippen LogP contribution is -2.38. The molecule has 1 saturated heterocycles. The van der Waals surface area contributed by atoms with Gasteiger partial charge < -0.3 is 10.0 Å². The second kappa shape index (κ2) is 7.49. The van der Waals surface area contributed by atoms with E-state index in [-0.39, 0.29) is 6.10 Å². The maximum absolute atomic E-state index is 9.84. The van der Waals surface area contributed by atoms with Gasteiger partial charge in [0.05, 0.1) is 6.10 Å². The van der Waals surface area contributed by atoms with Crippen LogP contribution in [0.25, 0.3) is 0 Å². The average molecular weight is 351 g/mol. The molecular formula is C18H21N7O. The van der Waals surface area contributed by atoms with E-state index in [4.69, 9.17) is 0 Å². The summed E-state index contributed by atoms with van der Waals surface area (Å²) in [5, 5.41) is 20.0. The molecule has 8 nitrogen and oxygen atoms in total. The lowest BCUT2D eigenvalue weighted by Gasteiger charge is -2.30. The maximum Gasteiger partial charge on any atom is 0.248 e. The third-order valence-corrected chi connectivity index (χ3v) is 4.33. The molecule has 1 unspecified atom stereocenters. The van der Waals surface area contributed by atoms with E-state index in [1.54, 1.807) is 6.20 Å². The maximum atomic E-state index is 9.84. The molecule has 134 valence electrons. The molecule has 8 heteroatoms. The predicted molar refractivity (Wildman–Crippen MR) is 98.4 cm³/mol. The van der Waals surface area contributed by atoms with Crippen molar-refractivity contribution < 1.29 is 5.11 Å². The summed E-state index contributed by atoms with van der Waals surface area (Å²) in [5.41, 5.74) is 1.16. The molecule has 1 aliphatic rings. The molecule has 0 saturated carbocycles. The lowest BCUT2D eigenvalue weighted by molar-refractivity contribution is 0.154. The number of rotatable bonds is 5. The number of β-amino-alcohol motifs (C(OH)–C–C–N with tert-alkyl or cyclic N) is 1. The van der Waals surface area contributed by atoms with Gasteiger partial charge in [-0.1, -0.05) is 30.3 Å². The van der Waals surface area contributed by atoms with Crippen LogP contribution in [0.5, 0.6) is 0 Å². The highest BCUT2D eigenvalue weighted by Gasteiger charge is 2.19. The Balaban J connectivity index is 1.43.